The molecule has 4 nitrogen and oxygen atoms in total. The third-order valence-corrected chi connectivity index (χ3v) is 5.56. The van der Waals surface area contributed by atoms with E-state index in [2.05, 4.69) is 5.32 Å². The van der Waals surface area contributed by atoms with Crippen LogP contribution >= 0.6 is 11.8 Å². The Bertz CT molecular complexity index is 567. The molecule has 0 spiro atoms. The van der Waals surface area contributed by atoms with Gasteiger partial charge in [-0.15, -0.1) is 11.8 Å². The fourth-order valence-corrected chi connectivity index (χ4v) is 4.12. The predicted molar refractivity (Wildman–Crippen MR) is 86.9 cm³/mol. The summed E-state index contributed by atoms with van der Waals surface area (Å²) in [6.07, 6.45) is 5.50. The van der Waals surface area contributed by atoms with E-state index in [1.54, 1.807) is 23.7 Å². The SMILES string of the molecule is CN1C(=O)Cc2cc(NC(=O)CSC3CCCC3)ccc21. The minimum absolute atomic E-state index is 0.0459. The summed E-state index contributed by atoms with van der Waals surface area (Å²) >= 11 is 1.76. The van der Waals surface area contributed by atoms with Gasteiger partial charge in [-0.05, 0) is 36.6 Å². The second kappa shape index (κ2) is 6.10. The lowest BCUT2D eigenvalue weighted by atomic mass is 10.1. The van der Waals surface area contributed by atoms with E-state index in [4.69, 9.17) is 0 Å². The number of hydrogen-bond acceptors (Lipinski definition) is 3. The third kappa shape index (κ3) is 3.23. The number of carbonyl (C=O) groups excluding carboxylic acids is 2. The van der Waals surface area contributed by atoms with Crippen molar-refractivity contribution in [3.05, 3.63) is 23.8 Å². The van der Waals surface area contributed by atoms with Gasteiger partial charge in [0, 0.05) is 23.7 Å². The molecule has 0 aromatic heterocycles. The number of carbonyl (C=O) groups is 2. The smallest absolute Gasteiger partial charge is 0.234 e. The zero-order valence-electron chi connectivity index (χ0n) is 12.2. The molecule has 3 rings (SSSR count). The molecular weight excluding hydrogens is 284 g/mol. The van der Waals surface area contributed by atoms with Crippen LogP contribution in [0.1, 0.15) is 31.2 Å². The summed E-state index contributed by atoms with van der Waals surface area (Å²) in [5, 5.41) is 3.59. The molecule has 1 aromatic carbocycles. The molecule has 1 aromatic rings. The zero-order valence-corrected chi connectivity index (χ0v) is 13.0. The first-order valence-electron chi connectivity index (χ1n) is 7.44. The van der Waals surface area contributed by atoms with Crippen LogP contribution in [0.25, 0.3) is 0 Å². The van der Waals surface area contributed by atoms with E-state index in [-0.39, 0.29) is 11.8 Å². The van der Waals surface area contributed by atoms with Crippen LogP contribution in [0.15, 0.2) is 18.2 Å². The number of thioether (sulfide) groups is 1. The molecule has 0 unspecified atom stereocenters. The summed E-state index contributed by atoms with van der Waals surface area (Å²) in [5.41, 5.74) is 2.72. The van der Waals surface area contributed by atoms with E-state index < -0.39 is 0 Å². The summed E-state index contributed by atoms with van der Waals surface area (Å²) in [6, 6.07) is 5.68. The lowest BCUT2D eigenvalue weighted by Gasteiger charge is -2.12. The summed E-state index contributed by atoms with van der Waals surface area (Å²) < 4.78 is 0. The van der Waals surface area contributed by atoms with E-state index in [1.807, 2.05) is 18.2 Å². The van der Waals surface area contributed by atoms with Gasteiger partial charge >= 0.3 is 0 Å². The Balaban J connectivity index is 1.57. The van der Waals surface area contributed by atoms with E-state index in [0.29, 0.717) is 17.4 Å². The molecule has 0 atom stereocenters. The van der Waals surface area contributed by atoms with Gasteiger partial charge in [0.25, 0.3) is 0 Å². The minimum Gasteiger partial charge on any atom is -0.325 e. The lowest BCUT2D eigenvalue weighted by Crippen LogP contribution is -2.20. The molecule has 0 bridgehead atoms. The Labute approximate surface area is 129 Å². The number of hydrogen-bond donors (Lipinski definition) is 1. The Morgan fingerprint density at radius 1 is 1.38 bits per heavy atom. The van der Waals surface area contributed by atoms with E-state index in [9.17, 15) is 9.59 Å². The number of amides is 2. The first-order chi connectivity index (χ1) is 10.1. The third-order valence-electron chi connectivity index (χ3n) is 4.19. The molecule has 21 heavy (non-hydrogen) atoms. The molecule has 5 heteroatoms. The monoisotopic (exact) mass is 304 g/mol. The van der Waals surface area contributed by atoms with Gasteiger partial charge in [0.15, 0.2) is 0 Å². The van der Waals surface area contributed by atoms with Gasteiger partial charge in [0.2, 0.25) is 11.8 Å². The number of likely N-dealkylation sites (N-methyl/N-ethyl adjacent to an activating group) is 1. The highest BCUT2D eigenvalue weighted by molar-refractivity contribution is 8.00. The highest BCUT2D eigenvalue weighted by Gasteiger charge is 2.24. The van der Waals surface area contributed by atoms with Gasteiger partial charge < -0.3 is 10.2 Å². The van der Waals surface area contributed by atoms with Crippen molar-refractivity contribution in [3.63, 3.8) is 0 Å². The van der Waals surface area contributed by atoms with Crippen molar-refractivity contribution < 1.29 is 9.59 Å². The Hall–Kier alpha value is -1.49. The van der Waals surface area contributed by atoms with Crippen LogP contribution in [0.5, 0.6) is 0 Å². The Morgan fingerprint density at radius 2 is 2.14 bits per heavy atom. The minimum atomic E-state index is 0.0459. The number of benzene rings is 1. The van der Waals surface area contributed by atoms with Crippen LogP contribution in [0, 0.1) is 0 Å². The number of anilines is 2. The normalized spacial score (nSPS) is 18.1. The van der Waals surface area contributed by atoms with Gasteiger partial charge in [-0.2, -0.15) is 0 Å². The Morgan fingerprint density at radius 3 is 2.90 bits per heavy atom. The topological polar surface area (TPSA) is 49.4 Å². The van der Waals surface area contributed by atoms with E-state index in [1.165, 1.54) is 25.7 Å². The molecule has 2 amide bonds. The fourth-order valence-electron chi connectivity index (χ4n) is 2.99. The molecule has 1 aliphatic heterocycles. The highest BCUT2D eigenvalue weighted by atomic mass is 32.2. The lowest BCUT2D eigenvalue weighted by molar-refractivity contribution is -0.117. The van der Waals surface area contributed by atoms with Gasteiger partial charge in [0.05, 0.1) is 12.2 Å². The van der Waals surface area contributed by atoms with Gasteiger partial charge in [0.1, 0.15) is 0 Å². The molecule has 1 aliphatic carbocycles. The van der Waals surface area contributed by atoms with Crippen LogP contribution in [0.3, 0.4) is 0 Å². The molecule has 0 radical (unpaired) electrons. The maximum absolute atomic E-state index is 12.0. The van der Waals surface area contributed by atoms with Crippen molar-refractivity contribution in [2.45, 2.75) is 37.4 Å². The van der Waals surface area contributed by atoms with Crippen molar-refractivity contribution in [1.82, 2.24) is 0 Å². The van der Waals surface area contributed by atoms with Crippen molar-refractivity contribution >= 4 is 35.0 Å². The largest absolute Gasteiger partial charge is 0.325 e. The zero-order chi connectivity index (χ0) is 14.8. The number of nitrogens with one attached hydrogen (secondary N) is 1. The van der Waals surface area contributed by atoms with Crippen LogP contribution in [-0.2, 0) is 16.0 Å². The summed E-state index contributed by atoms with van der Waals surface area (Å²) in [4.78, 5) is 25.3. The number of rotatable bonds is 4. The fraction of sp³-hybridized carbons (Fsp3) is 0.500. The summed E-state index contributed by atoms with van der Waals surface area (Å²) in [6.45, 7) is 0. The average molecular weight is 304 g/mol. The molecule has 1 saturated carbocycles. The van der Waals surface area contributed by atoms with E-state index in [0.717, 1.165) is 16.9 Å². The molecule has 2 aliphatic rings. The van der Waals surface area contributed by atoms with Crippen LogP contribution < -0.4 is 10.2 Å². The molecule has 1 heterocycles. The van der Waals surface area contributed by atoms with Crippen LogP contribution in [-0.4, -0.2) is 29.9 Å². The quantitative estimate of drug-likeness (QED) is 0.930. The van der Waals surface area contributed by atoms with Crippen LogP contribution in [0.4, 0.5) is 11.4 Å². The maximum atomic E-state index is 12.0. The number of fused-ring (bicyclic) bond motifs is 1. The van der Waals surface area contributed by atoms with Crippen molar-refractivity contribution in [3.8, 4) is 0 Å². The van der Waals surface area contributed by atoms with Crippen LogP contribution in [0.2, 0.25) is 0 Å². The van der Waals surface area contributed by atoms with Gasteiger partial charge in [-0.3, -0.25) is 9.59 Å². The molecule has 0 saturated heterocycles. The number of nitrogens with zero attached hydrogens (tertiary/aromatic N) is 1. The molecular formula is C16H20N2O2S. The van der Waals surface area contributed by atoms with Gasteiger partial charge in [-0.1, -0.05) is 12.8 Å². The summed E-state index contributed by atoms with van der Waals surface area (Å²) in [5.74, 6) is 0.662. The first kappa shape index (κ1) is 14.4. The maximum Gasteiger partial charge on any atom is 0.234 e. The predicted octanol–water partition coefficient (Wildman–Crippen LogP) is 2.82. The Kier molecular flexibility index (Phi) is 4.19. The van der Waals surface area contributed by atoms with Crippen molar-refractivity contribution in [2.75, 3.05) is 23.0 Å². The van der Waals surface area contributed by atoms with E-state index >= 15 is 0 Å². The molecule has 1 N–H and O–H groups in total. The average Bonchev–Trinajstić information content (AvgIpc) is 3.06. The first-order valence-corrected chi connectivity index (χ1v) is 8.49. The summed E-state index contributed by atoms with van der Waals surface area (Å²) in [7, 11) is 1.78. The standard InChI is InChI=1S/C16H20N2O2S/c1-18-14-7-6-12(8-11(14)9-16(18)20)17-15(19)10-21-13-4-2-3-5-13/h6-8,13H,2-5,9-10H2,1H3,(H,17,19). The van der Waals surface area contributed by atoms with Crippen molar-refractivity contribution in [1.29, 1.82) is 0 Å². The molecule has 112 valence electrons. The second-order valence-electron chi connectivity index (χ2n) is 5.74. The van der Waals surface area contributed by atoms with Crippen molar-refractivity contribution in [2.24, 2.45) is 0 Å². The second-order valence-corrected chi connectivity index (χ2v) is 7.03. The highest BCUT2D eigenvalue weighted by Crippen LogP contribution is 2.31. The molecule has 1 fully saturated rings. The van der Waals surface area contributed by atoms with Gasteiger partial charge in [-0.25, -0.2) is 0 Å².